The van der Waals surface area contributed by atoms with Crippen molar-refractivity contribution < 1.29 is 12.9 Å². The Morgan fingerprint density at radius 2 is 2.00 bits per heavy atom. The van der Waals surface area contributed by atoms with E-state index in [4.69, 9.17) is 16.1 Å². The number of hydrogen-bond acceptors (Lipinski definition) is 4. The van der Waals surface area contributed by atoms with Crippen molar-refractivity contribution in [3.8, 4) is 0 Å². The molecular weight excluding hydrogens is 276 g/mol. The average Bonchev–Trinajstić information content (AvgIpc) is 2.58. The molecule has 0 unspecified atom stereocenters. The highest BCUT2D eigenvalue weighted by Crippen LogP contribution is 2.24. The molecule has 0 aromatic carbocycles. The zero-order valence-corrected chi connectivity index (χ0v) is 12.7. The number of halogens is 1. The lowest BCUT2D eigenvalue weighted by Gasteiger charge is -2.25. The van der Waals surface area contributed by atoms with Gasteiger partial charge in [-0.15, -0.1) is 11.6 Å². The van der Waals surface area contributed by atoms with E-state index in [9.17, 15) is 8.42 Å². The molecule has 1 heterocycles. The lowest BCUT2D eigenvalue weighted by Crippen LogP contribution is -2.38. The smallest absolute Gasteiger partial charge is 0.248 e. The zero-order valence-electron chi connectivity index (χ0n) is 11.1. The van der Waals surface area contributed by atoms with Gasteiger partial charge in [-0.1, -0.05) is 5.16 Å². The Hall–Kier alpha value is -0.590. The molecule has 1 rings (SSSR count). The minimum atomic E-state index is -3.57. The molecule has 0 atom stereocenters. The van der Waals surface area contributed by atoms with Crippen LogP contribution in [0, 0.1) is 13.8 Å². The van der Waals surface area contributed by atoms with Crippen molar-refractivity contribution in [1.29, 1.82) is 0 Å². The van der Waals surface area contributed by atoms with E-state index in [0.29, 0.717) is 30.3 Å². The van der Waals surface area contributed by atoms with Crippen LogP contribution in [-0.4, -0.2) is 36.3 Å². The lowest BCUT2D eigenvalue weighted by atomic mass is 10.4. The van der Waals surface area contributed by atoms with Crippen LogP contribution in [0.15, 0.2) is 9.42 Å². The number of rotatable bonds is 6. The predicted molar refractivity (Wildman–Crippen MR) is 70.3 cm³/mol. The van der Waals surface area contributed by atoms with Crippen LogP contribution in [0.25, 0.3) is 0 Å². The van der Waals surface area contributed by atoms with Gasteiger partial charge in [0, 0.05) is 18.5 Å². The largest absolute Gasteiger partial charge is 0.360 e. The lowest BCUT2D eigenvalue weighted by molar-refractivity contribution is 0.352. The van der Waals surface area contributed by atoms with Gasteiger partial charge in [0.05, 0.1) is 0 Å². The molecule has 0 fully saturated rings. The van der Waals surface area contributed by atoms with Crippen molar-refractivity contribution in [2.24, 2.45) is 0 Å². The number of sulfonamides is 1. The van der Waals surface area contributed by atoms with E-state index in [2.05, 4.69) is 5.16 Å². The molecule has 0 bridgehead atoms. The normalized spacial score (nSPS) is 12.6. The topological polar surface area (TPSA) is 63.4 Å². The Kier molecular flexibility index (Phi) is 5.19. The fraction of sp³-hybridized carbons (Fsp3) is 0.727. The first kappa shape index (κ1) is 15.5. The van der Waals surface area contributed by atoms with Crippen molar-refractivity contribution in [3.63, 3.8) is 0 Å². The van der Waals surface area contributed by atoms with Crippen molar-refractivity contribution in [2.45, 2.75) is 45.1 Å². The summed E-state index contributed by atoms with van der Waals surface area (Å²) in [5.74, 6) is 0.754. The first-order valence-electron chi connectivity index (χ1n) is 5.83. The van der Waals surface area contributed by atoms with Crippen LogP contribution in [0.3, 0.4) is 0 Å². The standard InChI is InChI=1S/C11H19ClN2O3S/c1-8(2)14(7-5-6-12)18(15,16)11-9(3)13-17-10(11)4/h8H,5-7H2,1-4H3. The van der Waals surface area contributed by atoms with Crippen molar-refractivity contribution in [1.82, 2.24) is 9.46 Å². The average molecular weight is 295 g/mol. The molecule has 1 aromatic heterocycles. The minimum absolute atomic E-state index is 0.132. The predicted octanol–water partition coefficient (Wildman–Crippen LogP) is 2.32. The Morgan fingerprint density at radius 1 is 1.39 bits per heavy atom. The van der Waals surface area contributed by atoms with Gasteiger partial charge >= 0.3 is 0 Å². The van der Waals surface area contributed by atoms with Gasteiger partial charge in [-0.05, 0) is 34.1 Å². The highest BCUT2D eigenvalue weighted by Gasteiger charge is 2.32. The van der Waals surface area contributed by atoms with E-state index in [-0.39, 0.29) is 10.9 Å². The number of hydrogen-bond donors (Lipinski definition) is 0. The second kappa shape index (κ2) is 6.04. The first-order chi connectivity index (χ1) is 8.32. The molecule has 0 N–H and O–H groups in total. The van der Waals surface area contributed by atoms with Gasteiger partial charge in [0.25, 0.3) is 0 Å². The molecule has 0 spiro atoms. The maximum Gasteiger partial charge on any atom is 0.248 e. The van der Waals surface area contributed by atoms with Gasteiger partial charge in [0.1, 0.15) is 10.6 Å². The van der Waals surface area contributed by atoms with Crippen molar-refractivity contribution >= 4 is 21.6 Å². The number of nitrogens with zero attached hydrogens (tertiary/aromatic N) is 2. The maximum atomic E-state index is 12.6. The van der Waals surface area contributed by atoms with Gasteiger partial charge in [0.15, 0.2) is 5.76 Å². The second-order valence-corrected chi connectivity index (χ2v) is 6.61. The summed E-state index contributed by atoms with van der Waals surface area (Å²) in [7, 11) is -3.57. The van der Waals surface area contributed by atoms with Crippen LogP contribution in [0.5, 0.6) is 0 Å². The number of aryl methyl sites for hydroxylation is 2. The Bertz CT molecular complexity index is 477. The summed E-state index contributed by atoms with van der Waals surface area (Å²) in [6.07, 6.45) is 0.613. The van der Waals surface area contributed by atoms with Gasteiger partial charge in [-0.25, -0.2) is 8.42 Å². The zero-order chi connectivity index (χ0) is 13.9. The fourth-order valence-electron chi connectivity index (χ4n) is 1.83. The van der Waals surface area contributed by atoms with Crippen LogP contribution >= 0.6 is 11.6 Å². The molecule has 0 saturated carbocycles. The molecular formula is C11H19ClN2O3S. The maximum absolute atomic E-state index is 12.6. The van der Waals surface area contributed by atoms with Gasteiger partial charge in [0.2, 0.25) is 10.0 Å². The summed E-state index contributed by atoms with van der Waals surface area (Å²) in [5, 5.41) is 3.70. The number of aromatic nitrogens is 1. The third kappa shape index (κ3) is 3.05. The highest BCUT2D eigenvalue weighted by atomic mass is 35.5. The fourth-order valence-corrected chi connectivity index (χ4v) is 3.92. The molecule has 104 valence electrons. The Balaban J connectivity index is 3.17. The van der Waals surface area contributed by atoms with Gasteiger partial charge in [-0.2, -0.15) is 4.31 Å². The molecule has 0 radical (unpaired) electrons. The molecule has 0 amide bonds. The third-order valence-corrected chi connectivity index (χ3v) is 5.21. The first-order valence-corrected chi connectivity index (χ1v) is 7.80. The minimum Gasteiger partial charge on any atom is -0.360 e. The van der Waals surface area contributed by atoms with Crippen LogP contribution in [0.2, 0.25) is 0 Å². The van der Waals surface area contributed by atoms with Gasteiger partial charge in [-0.3, -0.25) is 0 Å². The van der Waals surface area contributed by atoms with E-state index in [0.717, 1.165) is 0 Å². The van der Waals surface area contributed by atoms with Crippen LogP contribution in [-0.2, 0) is 10.0 Å². The molecule has 0 aliphatic rings. The highest BCUT2D eigenvalue weighted by molar-refractivity contribution is 7.89. The Labute approximate surface area is 113 Å². The quantitative estimate of drug-likeness (QED) is 0.755. The molecule has 5 nitrogen and oxygen atoms in total. The van der Waals surface area contributed by atoms with Crippen molar-refractivity contribution in [3.05, 3.63) is 11.5 Å². The summed E-state index contributed by atoms with van der Waals surface area (Å²) in [5.41, 5.74) is 0.393. The van der Waals surface area contributed by atoms with E-state index in [1.807, 2.05) is 13.8 Å². The van der Waals surface area contributed by atoms with Crippen LogP contribution in [0.1, 0.15) is 31.7 Å². The second-order valence-electron chi connectivity index (χ2n) is 4.41. The molecule has 0 aliphatic carbocycles. The van der Waals surface area contributed by atoms with Crippen LogP contribution < -0.4 is 0 Å². The summed E-state index contributed by atoms with van der Waals surface area (Å²) in [4.78, 5) is 0.172. The molecule has 1 aromatic rings. The SMILES string of the molecule is Cc1noc(C)c1S(=O)(=O)N(CCCCl)C(C)C. The van der Waals surface area contributed by atoms with Crippen LogP contribution in [0.4, 0.5) is 0 Å². The summed E-state index contributed by atoms with van der Waals surface area (Å²) < 4.78 is 31.5. The van der Waals surface area contributed by atoms with E-state index >= 15 is 0 Å². The monoisotopic (exact) mass is 294 g/mol. The van der Waals surface area contributed by atoms with Crippen molar-refractivity contribution in [2.75, 3.05) is 12.4 Å². The summed E-state index contributed by atoms with van der Waals surface area (Å²) in [6, 6.07) is -0.132. The third-order valence-electron chi connectivity index (χ3n) is 2.62. The molecule has 18 heavy (non-hydrogen) atoms. The van der Waals surface area contributed by atoms with E-state index in [1.165, 1.54) is 4.31 Å². The summed E-state index contributed by atoms with van der Waals surface area (Å²) in [6.45, 7) is 7.30. The van der Waals surface area contributed by atoms with E-state index in [1.54, 1.807) is 13.8 Å². The molecule has 0 aliphatic heterocycles. The van der Waals surface area contributed by atoms with E-state index < -0.39 is 10.0 Å². The molecule has 7 heteroatoms. The Morgan fingerprint density at radius 3 is 2.39 bits per heavy atom. The summed E-state index contributed by atoms with van der Waals surface area (Å²) >= 11 is 5.64. The number of alkyl halides is 1. The van der Waals surface area contributed by atoms with Gasteiger partial charge < -0.3 is 4.52 Å². The molecule has 0 saturated heterocycles.